The predicted octanol–water partition coefficient (Wildman–Crippen LogP) is 6.90. The Hall–Kier alpha value is -2.73. The number of rotatable bonds is 12. The fraction of sp³-hybridized carbons (Fsp3) is 0.407. The lowest BCUT2D eigenvalue weighted by Crippen LogP contribution is -2.18. The van der Waals surface area contributed by atoms with Crippen LogP contribution in [0.5, 0.6) is 11.5 Å². The normalized spacial score (nSPS) is 11.3. The summed E-state index contributed by atoms with van der Waals surface area (Å²) in [6.07, 6.45) is 13.3. The highest BCUT2D eigenvalue weighted by Crippen LogP contribution is 2.36. The summed E-state index contributed by atoms with van der Waals surface area (Å²) in [5, 5.41) is 21.7. The van der Waals surface area contributed by atoms with Gasteiger partial charge >= 0.3 is 0 Å². The van der Waals surface area contributed by atoms with E-state index >= 15 is 0 Å². The number of nitrogens with zero attached hydrogens (tertiary/aromatic N) is 1. The molecule has 1 heterocycles. The van der Waals surface area contributed by atoms with E-state index in [4.69, 9.17) is 0 Å². The third-order valence-corrected chi connectivity index (χ3v) is 6.15. The molecule has 2 aromatic rings. The molecule has 0 bridgehead atoms. The number of hydrogen-bond acceptors (Lipinski definition) is 5. The summed E-state index contributed by atoms with van der Waals surface area (Å²) < 4.78 is 2.81. The zero-order valence-electron chi connectivity index (χ0n) is 20.1. The van der Waals surface area contributed by atoms with Crippen LogP contribution in [0.15, 0.2) is 58.8 Å². The largest absolute Gasteiger partial charge is 0.508 e. The van der Waals surface area contributed by atoms with Gasteiger partial charge < -0.3 is 10.2 Å². The van der Waals surface area contributed by atoms with E-state index in [1.165, 1.54) is 11.1 Å². The molecule has 0 radical (unpaired) electrons. The van der Waals surface area contributed by atoms with Crippen LogP contribution >= 0.6 is 11.9 Å². The van der Waals surface area contributed by atoms with Crippen molar-refractivity contribution in [2.24, 2.45) is 0 Å². The van der Waals surface area contributed by atoms with Crippen LogP contribution in [-0.2, 0) is 12.8 Å². The molecule has 0 aliphatic carbocycles. The first-order valence-electron chi connectivity index (χ1n) is 11.6. The zero-order chi connectivity index (χ0) is 24.2. The maximum absolute atomic E-state index is 13.1. The lowest BCUT2D eigenvalue weighted by atomic mass is 9.94. The van der Waals surface area contributed by atoms with Crippen molar-refractivity contribution in [2.75, 3.05) is 0 Å². The Labute approximate surface area is 202 Å². The van der Waals surface area contributed by atoms with Gasteiger partial charge in [-0.15, -0.1) is 0 Å². The number of benzene rings is 1. The van der Waals surface area contributed by atoms with E-state index in [-0.39, 0.29) is 23.0 Å². The lowest BCUT2D eigenvalue weighted by molar-refractivity contribution is 0.0980. The van der Waals surface area contributed by atoms with E-state index < -0.39 is 0 Å². The molecular formula is C27H36N2O3S. The van der Waals surface area contributed by atoms with Gasteiger partial charge in [-0.25, -0.2) is 0 Å². The molecule has 2 rings (SSSR count). The van der Waals surface area contributed by atoms with E-state index in [0.29, 0.717) is 24.0 Å². The molecule has 1 aromatic carbocycles. The summed E-state index contributed by atoms with van der Waals surface area (Å²) in [5.74, 6) is -0.485. The molecule has 0 fully saturated rings. The first-order valence-corrected chi connectivity index (χ1v) is 12.4. The third-order valence-electron chi connectivity index (χ3n) is 5.38. The van der Waals surface area contributed by atoms with Crippen molar-refractivity contribution in [1.82, 2.24) is 9.71 Å². The molecule has 0 spiro atoms. The monoisotopic (exact) mass is 468 g/mol. The van der Waals surface area contributed by atoms with Crippen LogP contribution in [0.2, 0.25) is 0 Å². The number of aryl methyl sites for hydroxylation is 1. The average molecular weight is 469 g/mol. The Morgan fingerprint density at radius 2 is 1.97 bits per heavy atom. The highest BCUT2D eigenvalue weighted by atomic mass is 32.2. The molecule has 0 aliphatic heterocycles. The number of nitrogens with one attached hydrogen (secondary N) is 1. The second kappa shape index (κ2) is 13.7. The van der Waals surface area contributed by atoms with Gasteiger partial charge in [-0.1, -0.05) is 43.1 Å². The first kappa shape index (κ1) is 26.5. The van der Waals surface area contributed by atoms with Crippen molar-refractivity contribution in [3.63, 3.8) is 0 Å². The van der Waals surface area contributed by atoms with Crippen LogP contribution in [0, 0.1) is 0 Å². The topological polar surface area (TPSA) is 82.5 Å². The lowest BCUT2D eigenvalue weighted by Gasteiger charge is -2.16. The molecule has 0 atom stereocenters. The maximum Gasteiger partial charge on any atom is 0.265 e. The van der Waals surface area contributed by atoms with E-state index in [2.05, 4.69) is 36.6 Å². The minimum atomic E-state index is -0.377. The molecule has 5 nitrogen and oxygen atoms in total. The number of aromatic nitrogens is 1. The Bertz CT molecular complexity index is 981. The van der Waals surface area contributed by atoms with E-state index in [1.807, 2.05) is 19.1 Å². The van der Waals surface area contributed by atoms with Gasteiger partial charge in [0.25, 0.3) is 5.91 Å². The minimum absolute atomic E-state index is 0.0313. The molecule has 178 valence electrons. The second-order valence-corrected chi connectivity index (χ2v) is 9.39. The molecule has 1 aromatic heterocycles. The number of phenolic OH excluding ortho intramolecular Hbond substituents is 2. The second-order valence-electron chi connectivity index (χ2n) is 8.51. The third kappa shape index (κ3) is 8.61. The Morgan fingerprint density at radius 3 is 2.64 bits per heavy atom. The maximum atomic E-state index is 13.1. The van der Waals surface area contributed by atoms with Crippen LogP contribution in [-0.4, -0.2) is 21.1 Å². The molecule has 1 amide bonds. The molecular weight excluding hydrogens is 432 g/mol. The summed E-state index contributed by atoms with van der Waals surface area (Å²) >= 11 is 1.16. The van der Waals surface area contributed by atoms with Crippen molar-refractivity contribution >= 4 is 17.9 Å². The fourth-order valence-corrected chi connectivity index (χ4v) is 4.07. The minimum Gasteiger partial charge on any atom is -0.508 e. The van der Waals surface area contributed by atoms with Gasteiger partial charge in [0.1, 0.15) is 11.5 Å². The van der Waals surface area contributed by atoms with Crippen LogP contribution in [0.1, 0.15) is 81.3 Å². The SMILES string of the molecule is CCCCCc1cc(O)c(C/C=C(\C)CCC=C(C)C)c(O)c1C(=O)NSc1cccnc1. The van der Waals surface area contributed by atoms with Crippen LogP contribution in [0.3, 0.4) is 0 Å². The van der Waals surface area contributed by atoms with Gasteiger partial charge in [-0.05, 0) is 88.6 Å². The molecule has 3 N–H and O–H groups in total. The molecule has 0 saturated carbocycles. The van der Waals surface area contributed by atoms with Crippen LogP contribution in [0.4, 0.5) is 0 Å². The average Bonchev–Trinajstić information content (AvgIpc) is 2.78. The smallest absolute Gasteiger partial charge is 0.265 e. The number of carbonyl (C=O) groups excluding carboxylic acids is 1. The molecule has 0 saturated heterocycles. The molecule has 0 unspecified atom stereocenters. The Balaban J connectivity index is 2.28. The Kier molecular flexibility index (Phi) is 11.0. The fourth-order valence-electron chi connectivity index (χ4n) is 3.50. The zero-order valence-corrected chi connectivity index (χ0v) is 21.0. The van der Waals surface area contributed by atoms with Crippen molar-refractivity contribution in [2.45, 2.75) is 77.5 Å². The number of pyridine rings is 1. The number of phenols is 2. The van der Waals surface area contributed by atoms with Crippen LogP contribution < -0.4 is 4.72 Å². The van der Waals surface area contributed by atoms with Gasteiger partial charge in [0, 0.05) is 22.9 Å². The van der Waals surface area contributed by atoms with Gasteiger partial charge in [0.2, 0.25) is 0 Å². The number of amides is 1. The van der Waals surface area contributed by atoms with Gasteiger partial charge in [-0.2, -0.15) is 0 Å². The predicted molar refractivity (Wildman–Crippen MR) is 137 cm³/mol. The first-order chi connectivity index (χ1) is 15.8. The van der Waals surface area contributed by atoms with Gasteiger partial charge in [0.05, 0.1) is 5.56 Å². The van der Waals surface area contributed by atoms with Crippen molar-refractivity contribution in [3.05, 3.63) is 70.6 Å². The van der Waals surface area contributed by atoms with E-state index in [0.717, 1.165) is 48.9 Å². The van der Waals surface area contributed by atoms with Gasteiger partial charge in [0.15, 0.2) is 0 Å². The quantitative estimate of drug-likeness (QED) is 0.179. The Morgan fingerprint density at radius 1 is 1.18 bits per heavy atom. The van der Waals surface area contributed by atoms with Crippen molar-refractivity contribution < 1.29 is 15.0 Å². The highest BCUT2D eigenvalue weighted by Gasteiger charge is 2.22. The summed E-state index contributed by atoms with van der Waals surface area (Å²) in [5.41, 5.74) is 3.75. The summed E-state index contributed by atoms with van der Waals surface area (Å²) in [6, 6.07) is 5.29. The molecule has 0 aliphatic rings. The van der Waals surface area contributed by atoms with Crippen molar-refractivity contribution in [3.8, 4) is 11.5 Å². The summed E-state index contributed by atoms with van der Waals surface area (Å²) in [7, 11) is 0. The number of hydrogen-bond donors (Lipinski definition) is 3. The highest BCUT2D eigenvalue weighted by molar-refractivity contribution is 7.98. The number of allylic oxidation sites excluding steroid dienone is 4. The summed E-state index contributed by atoms with van der Waals surface area (Å²) in [4.78, 5) is 17.9. The standard InChI is InChI=1S/C27H36N2O3S/c1-5-6-7-12-21-17-24(30)23(15-14-20(4)11-8-10-19(2)3)26(31)25(21)27(32)29-33-22-13-9-16-28-18-22/h9-10,13-14,16-18,30-31H,5-8,11-12,15H2,1-4H3,(H,29,32)/b20-14+. The van der Waals surface area contributed by atoms with E-state index in [1.54, 1.807) is 24.5 Å². The summed E-state index contributed by atoms with van der Waals surface area (Å²) in [6.45, 7) is 8.32. The number of carbonyl (C=O) groups is 1. The van der Waals surface area contributed by atoms with Crippen molar-refractivity contribution in [1.29, 1.82) is 0 Å². The van der Waals surface area contributed by atoms with Crippen LogP contribution in [0.25, 0.3) is 0 Å². The molecule has 33 heavy (non-hydrogen) atoms. The van der Waals surface area contributed by atoms with E-state index in [9.17, 15) is 15.0 Å². The number of aromatic hydroxyl groups is 2. The number of unbranched alkanes of at least 4 members (excludes halogenated alkanes) is 2. The molecule has 6 heteroatoms. The van der Waals surface area contributed by atoms with Gasteiger partial charge in [-0.3, -0.25) is 14.5 Å².